The lowest BCUT2D eigenvalue weighted by Gasteiger charge is -2.11. The Kier molecular flexibility index (Phi) is 5.79. The number of aliphatic imine (C=N–C) groups is 1. The van der Waals surface area contributed by atoms with Gasteiger partial charge in [0.2, 0.25) is 0 Å². The largest absolute Gasteiger partial charge is 0.390 e. The predicted molar refractivity (Wildman–Crippen MR) is 127 cm³/mol. The van der Waals surface area contributed by atoms with Gasteiger partial charge in [0.15, 0.2) is 0 Å². The van der Waals surface area contributed by atoms with Gasteiger partial charge in [-0.2, -0.15) is 0 Å². The second-order valence-electron chi connectivity index (χ2n) is 6.55. The zero-order valence-corrected chi connectivity index (χ0v) is 18.1. The van der Waals surface area contributed by atoms with Crippen LogP contribution < -0.4 is 11.1 Å². The number of nitrogens with two attached hydrogens (primary N) is 1. The van der Waals surface area contributed by atoms with Gasteiger partial charge in [0.05, 0.1) is 26.4 Å². The number of rotatable bonds is 5. The number of hydrogen-bond donors (Lipinski definition) is 3. The van der Waals surface area contributed by atoms with Gasteiger partial charge in [-0.3, -0.25) is 4.99 Å². The van der Waals surface area contributed by atoms with Gasteiger partial charge in [0, 0.05) is 39.7 Å². The third-order valence-electron chi connectivity index (χ3n) is 4.65. The number of halogens is 4. The molecule has 0 aliphatic heterocycles. The Hall–Kier alpha value is -2.11. The molecule has 1 aromatic heterocycles. The van der Waals surface area contributed by atoms with Crippen LogP contribution in [0.4, 0.5) is 11.4 Å². The van der Waals surface area contributed by atoms with E-state index in [1.54, 1.807) is 12.1 Å². The van der Waals surface area contributed by atoms with Crippen molar-refractivity contribution in [3.8, 4) is 0 Å². The van der Waals surface area contributed by atoms with E-state index in [-0.39, 0.29) is 0 Å². The van der Waals surface area contributed by atoms with Crippen LogP contribution in [0.3, 0.4) is 0 Å². The van der Waals surface area contributed by atoms with Crippen LogP contribution in [0.15, 0.2) is 47.5 Å². The minimum absolute atomic E-state index is 0.490. The van der Waals surface area contributed by atoms with Gasteiger partial charge in [0.25, 0.3) is 0 Å². The maximum atomic E-state index is 6.27. The molecular weight excluding hydrogens is 450 g/mol. The van der Waals surface area contributed by atoms with Crippen molar-refractivity contribution in [2.45, 2.75) is 6.42 Å². The smallest absolute Gasteiger partial charge is 0.0797 e. The molecule has 0 aliphatic carbocycles. The van der Waals surface area contributed by atoms with Gasteiger partial charge in [0.1, 0.15) is 0 Å². The lowest BCUT2D eigenvalue weighted by Crippen LogP contribution is -1.97. The summed E-state index contributed by atoms with van der Waals surface area (Å²) in [6.45, 7) is 0.582. The number of H-pyrrole nitrogens is 1. The highest BCUT2D eigenvalue weighted by Crippen LogP contribution is 2.36. The first kappa shape index (κ1) is 20.2. The number of nitrogens with one attached hydrogen (secondary N) is 2. The maximum absolute atomic E-state index is 6.27. The number of benzene rings is 3. The highest BCUT2D eigenvalue weighted by atomic mass is 35.5. The number of fused-ring (bicyclic) bond motifs is 3. The molecule has 0 saturated heterocycles. The van der Waals surface area contributed by atoms with Crippen LogP contribution in [0.1, 0.15) is 5.56 Å². The summed E-state index contributed by atoms with van der Waals surface area (Å²) >= 11 is 24.6. The van der Waals surface area contributed by atoms with E-state index in [9.17, 15) is 0 Å². The van der Waals surface area contributed by atoms with Crippen LogP contribution in [0.2, 0.25) is 20.1 Å². The van der Waals surface area contributed by atoms with E-state index < -0.39 is 0 Å². The van der Waals surface area contributed by atoms with Crippen LogP contribution >= 0.6 is 46.4 Å². The Morgan fingerprint density at radius 1 is 0.862 bits per heavy atom. The first-order valence-corrected chi connectivity index (χ1v) is 10.3. The summed E-state index contributed by atoms with van der Waals surface area (Å²) < 4.78 is 0. The molecule has 148 valence electrons. The van der Waals surface area contributed by atoms with Crippen LogP contribution in [0, 0.1) is 0 Å². The highest BCUT2D eigenvalue weighted by Gasteiger charge is 2.13. The molecule has 0 atom stereocenters. The molecule has 29 heavy (non-hydrogen) atoms. The molecule has 4 N–H and O–H groups in total. The van der Waals surface area contributed by atoms with Crippen molar-refractivity contribution < 1.29 is 0 Å². The summed E-state index contributed by atoms with van der Waals surface area (Å²) in [5.74, 6) is 0. The number of aromatic nitrogens is 1. The van der Waals surface area contributed by atoms with E-state index in [2.05, 4.69) is 27.4 Å². The first-order chi connectivity index (χ1) is 14.0. The fourth-order valence-electron chi connectivity index (χ4n) is 3.34. The van der Waals surface area contributed by atoms with Crippen LogP contribution in [-0.2, 0) is 6.42 Å². The number of aromatic amines is 1. The molecule has 0 aliphatic rings. The van der Waals surface area contributed by atoms with Gasteiger partial charge < -0.3 is 16.0 Å². The Morgan fingerprint density at radius 2 is 1.62 bits per heavy atom. The fourth-order valence-corrected chi connectivity index (χ4v) is 3.96. The molecule has 0 amide bonds. The zero-order chi connectivity index (χ0) is 20.5. The molecule has 8 heteroatoms. The van der Waals surface area contributed by atoms with Gasteiger partial charge in [-0.15, -0.1) is 0 Å². The Labute approximate surface area is 187 Å². The third-order valence-corrected chi connectivity index (χ3v) is 6.12. The lowest BCUT2D eigenvalue weighted by molar-refractivity contribution is 0.977. The van der Waals surface area contributed by atoms with Gasteiger partial charge in [-0.25, -0.2) is 0 Å². The molecule has 0 bridgehead atoms. The molecule has 0 radical (unpaired) electrons. The summed E-state index contributed by atoms with van der Waals surface area (Å²) in [7, 11) is 0. The Morgan fingerprint density at radius 3 is 2.38 bits per heavy atom. The molecule has 0 saturated carbocycles. The van der Waals surface area contributed by atoms with Gasteiger partial charge in [-0.1, -0.05) is 46.4 Å². The summed E-state index contributed by atoms with van der Waals surface area (Å²) in [5, 5.41) is 7.45. The van der Waals surface area contributed by atoms with Crippen molar-refractivity contribution in [1.82, 2.24) is 4.98 Å². The molecule has 0 spiro atoms. The van der Waals surface area contributed by atoms with Crippen molar-refractivity contribution in [1.29, 1.82) is 0 Å². The molecule has 1 heterocycles. The van der Waals surface area contributed by atoms with Gasteiger partial charge >= 0.3 is 0 Å². The highest BCUT2D eigenvalue weighted by molar-refractivity contribution is 6.43. The molecule has 0 fully saturated rings. The normalized spacial score (nSPS) is 11.7. The average Bonchev–Trinajstić information content (AvgIpc) is 3.03. The number of hydrogen-bond acceptors (Lipinski definition) is 2. The van der Waals surface area contributed by atoms with Crippen molar-refractivity contribution in [3.63, 3.8) is 0 Å². The second-order valence-corrected chi connectivity index (χ2v) is 8.18. The Balaban J connectivity index is 1.86. The first-order valence-electron chi connectivity index (χ1n) is 8.81. The zero-order valence-electron chi connectivity index (χ0n) is 15.1. The van der Waals surface area contributed by atoms with Gasteiger partial charge in [-0.05, 0) is 54.4 Å². The van der Waals surface area contributed by atoms with E-state index in [4.69, 9.17) is 52.1 Å². The van der Waals surface area contributed by atoms with E-state index in [1.807, 2.05) is 18.2 Å². The molecule has 3 aromatic carbocycles. The SMILES string of the molecule is NC=NCCc1cc(Nc2ccc(Cl)c(Cl)c2)cc2c1[nH]c1cc(Cl)c(Cl)cc12. The van der Waals surface area contributed by atoms with Crippen molar-refractivity contribution in [2.24, 2.45) is 10.7 Å². The molecule has 4 aromatic rings. The number of nitrogens with zero attached hydrogens (tertiary/aromatic N) is 1. The Bertz CT molecular complexity index is 1250. The quantitative estimate of drug-likeness (QED) is 0.215. The van der Waals surface area contributed by atoms with Crippen LogP contribution in [0.5, 0.6) is 0 Å². The van der Waals surface area contributed by atoms with Crippen molar-refractivity contribution in [3.05, 3.63) is 68.1 Å². The van der Waals surface area contributed by atoms with Crippen LogP contribution in [-0.4, -0.2) is 17.9 Å². The van der Waals surface area contributed by atoms with E-state index in [0.29, 0.717) is 26.6 Å². The number of anilines is 2. The molecule has 0 unspecified atom stereocenters. The summed E-state index contributed by atoms with van der Waals surface area (Å²) in [5.41, 5.74) is 10.2. The molecular formula is C21H16Cl4N4. The van der Waals surface area contributed by atoms with Crippen molar-refractivity contribution >= 4 is 85.9 Å². The molecule has 4 rings (SSSR count). The maximum Gasteiger partial charge on any atom is 0.0797 e. The minimum atomic E-state index is 0.490. The lowest BCUT2D eigenvalue weighted by atomic mass is 10.0. The minimum Gasteiger partial charge on any atom is -0.390 e. The fraction of sp³-hybridized carbons (Fsp3) is 0.0952. The average molecular weight is 466 g/mol. The van der Waals surface area contributed by atoms with Crippen molar-refractivity contribution in [2.75, 3.05) is 11.9 Å². The van der Waals surface area contributed by atoms with E-state index in [1.165, 1.54) is 6.34 Å². The summed E-state index contributed by atoms with van der Waals surface area (Å²) in [6.07, 6.45) is 2.04. The van der Waals surface area contributed by atoms with E-state index in [0.717, 1.165) is 45.2 Å². The summed E-state index contributed by atoms with van der Waals surface area (Å²) in [6, 6.07) is 13.3. The topological polar surface area (TPSA) is 66.2 Å². The second kappa shape index (κ2) is 8.33. The predicted octanol–water partition coefficient (Wildman–Crippen LogP) is 7.21. The third kappa shape index (κ3) is 4.12. The standard InChI is InChI=1S/C21H16Cl4N4/c22-16-2-1-12(7-17(16)23)28-13-5-11(3-4-27-10-26)21-15(6-13)14-8-18(24)19(25)9-20(14)29-21/h1-2,5-10,28-29H,3-4H2,(H2,26,27). The molecule has 4 nitrogen and oxygen atoms in total. The van der Waals surface area contributed by atoms with Crippen LogP contribution in [0.25, 0.3) is 21.8 Å². The summed E-state index contributed by atoms with van der Waals surface area (Å²) in [4.78, 5) is 7.59. The van der Waals surface area contributed by atoms with E-state index >= 15 is 0 Å². The monoisotopic (exact) mass is 464 g/mol.